The number of halogens is 2. The molecule has 1 amide bonds. The molecule has 12 heavy (non-hydrogen) atoms. The smallest absolute Gasteiger partial charge is 0.250 e. The van der Waals surface area contributed by atoms with E-state index in [1.165, 1.54) is 0 Å². The molecule has 4 heteroatoms. The molecule has 2 N–H and O–H groups in total. The summed E-state index contributed by atoms with van der Waals surface area (Å²) in [6.07, 6.45) is 0. The van der Waals surface area contributed by atoms with Crippen molar-refractivity contribution in [2.75, 3.05) is 0 Å². The number of amides is 1. The van der Waals surface area contributed by atoms with Gasteiger partial charge in [0.1, 0.15) is 0 Å². The van der Waals surface area contributed by atoms with Crippen LogP contribution in [0.3, 0.4) is 0 Å². The molecule has 0 unspecified atom stereocenters. The molecule has 1 rings (SSSR count). The van der Waals surface area contributed by atoms with Gasteiger partial charge in [-0.3, -0.25) is 4.79 Å². The average Bonchev–Trinajstić information content (AvgIpc) is 2.00. The van der Waals surface area contributed by atoms with Gasteiger partial charge in [0.15, 0.2) is 0 Å². The summed E-state index contributed by atoms with van der Waals surface area (Å²) in [6, 6.07) is 3.40. The Balaban J connectivity index is 3.36. The Kier molecular flexibility index (Phi) is 2.75. The molecule has 0 aromatic heterocycles. The Bertz CT molecular complexity index is 338. The predicted octanol–water partition coefficient (Wildman–Crippen LogP) is 2.51. The van der Waals surface area contributed by atoms with Crippen LogP contribution in [0.4, 0.5) is 0 Å². The van der Waals surface area contributed by atoms with Gasteiger partial charge < -0.3 is 5.73 Å². The van der Waals surface area contributed by atoms with E-state index in [-0.39, 0.29) is 0 Å². The number of rotatable bonds is 1. The molecule has 0 saturated heterocycles. The molecule has 0 atom stereocenters. The molecule has 64 valence electrons. The van der Waals surface area contributed by atoms with E-state index in [4.69, 9.17) is 17.3 Å². The van der Waals surface area contributed by atoms with Gasteiger partial charge in [0.25, 0.3) is 0 Å². The second-order valence-electron chi connectivity index (χ2n) is 2.42. The van der Waals surface area contributed by atoms with Crippen molar-refractivity contribution in [1.82, 2.24) is 0 Å². The quantitative estimate of drug-likeness (QED) is 0.815. The van der Waals surface area contributed by atoms with Gasteiger partial charge in [-0.05, 0) is 34.5 Å². The number of carbonyl (C=O) groups excluding carboxylic acids is 1. The fourth-order valence-corrected chi connectivity index (χ4v) is 1.49. The van der Waals surface area contributed by atoms with E-state index >= 15 is 0 Å². The molecule has 0 radical (unpaired) electrons. The highest BCUT2D eigenvalue weighted by molar-refractivity contribution is 9.10. The number of primary amides is 1. The van der Waals surface area contributed by atoms with Gasteiger partial charge in [-0.2, -0.15) is 0 Å². The largest absolute Gasteiger partial charge is 0.366 e. The molecule has 0 saturated carbocycles. The first-order valence-electron chi connectivity index (χ1n) is 3.28. The minimum atomic E-state index is -0.513. The Morgan fingerprint density at radius 3 is 2.67 bits per heavy atom. The molecule has 1 aromatic rings. The Morgan fingerprint density at radius 1 is 1.58 bits per heavy atom. The molecule has 0 aliphatic carbocycles. The highest BCUT2D eigenvalue weighted by atomic mass is 79.9. The highest BCUT2D eigenvalue weighted by Crippen LogP contribution is 2.28. The van der Waals surface area contributed by atoms with Gasteiger partial charge in [0.05, 0.1) is 10.6 Å². The maximum absolute atomic E-state index is 10.8. The Labute approximate surface area is 83.8 Å². The fourth-order valence-electron chi connectivity index (χ4n) is 0.836. The lowest BCUT2D eigenvalue weighted by molar-refractivity contribution is 0.100. The van der Waals surface area contributed by atoms with Crippen LogP contribution in [0.2, 0.25) is 5.02 Å². The lowest BCUT2D eigenvalue weighted by Gasteiger charge is -2.04. The molecule has 0 aliphatic rings. The van der Waals surface area contributed by atoms with Gasteiger partial charge in [-0.15, -0.1) is 0 Å². The second-order valence-corrected chi connectivity index (χ2v) is 3.59. The number of carbonyl (C=O) groups is 1. The molecule has 0 spiro atoms. The number of hydrogen-bond acceptors (Lipinski definition) is 1. The fraction of sp³-hybridized carbons (Fsp3) is 0.125. The zero-order chi connectivity index (χ0) is 9.30. The zero-order valence-electron chi connectivity index (χ0n) is 6.40. The van der Waals surface area contributed by atoms with Crippen molar-refractivity contribution < 1.29 is 4.79 Å². The topological polar surface area (TPSA) is 43.1 Å². The molecule has 0 aliphatic heterocycles. The number of hydrogen-bond donors (Lipinski definition) is 1. The maximum Gasteiger partial charge on any atom is 0.250 e. The predicted molar refractivity (Wildman–Crippen MR) is 52.4 cm³/mol. The van der Waals surface area contributed by atoms with Crippen molar-refractivity contribution in [3.8, 4) is 0 Å². The van der Waals surface area contributed by atoms with Gasteiger partial charge >= 0.3 is 0 Å². The first-order chi connectivity index (χ1) is 5.54. The summed E-state index contributed by atoms with van der Waals surface area (Å²) in [6.45, 7) is 1.89. The second kappa shape index (κ2) is 3.46. The van der Waals surface area contributed by atoms with Gasteiger partial charge in [0.2, 0.25) is 5.91 Å². The van der Waals surface area contributed by atoms with E-state index in [2.05, 4.69) is 15.9 Å². The van der Waals surface area contributed by atoms with E-state index < -0.39 is 5.91 Å². The molecule has 0 fully saturated rings. The average molecular weight is 249 g/mol. The van der Waals surface area contributed by atoms with Gasteiger partial charge in [-0.25, -0.2) is 0 Å². The van der Waals surface area contributed by atoms with Crippen molar-refractivity contribution in [1.29, 1.82) is 0 Å². The molecule has 0 heterocycles. The molecular formula is C8H7BrClNO. The van der Waals surface area contributed by atoms with Crippen LogP contribution < -0.4 is 5.73 Å². The normalized spacial score (nSPS) is 9.92. The van der Waals surface area contributed by atoms with E-state index in [1.54, 1.807) is 12.1 Å². The van der Waals surface area contributed by atoms with E-state index in [9.17, 15) is 4.79 Å². The lowest BCUT2D eigenvalue weighted by Crippen LogP contribution is -2.11. The van der Waals surface area contributed by atoms with Crippen LogP contribution in [0.5, 0.6) is 0 Å². The van der Waals surface area contributed by atoms with E-state index in [0.29, 0.717) is 10.6 Å². The molecule has 1 aromatic carbocycles. The number of benzene rings is 1. The van der Waals surface area contributed by atoms with Crippen molar-refractivity contribution >= 4 is 33.4 Å². The first-order valence-corrected chi connectivity index (χ1v) is 4.45. The van der Waals surface area contributed by atoms with Crippen LogP contribution in [-0.4, -0.2) is 5.91 Å². The third-order valence-corrected chi connectivity index (χ3v) is 3.18. The summed E-state index contributed by atoms with van der Waals surface area (Å²) < 4.78 is 0.723. The summed E-state index contributed by atoms with van der Waals surface area (Å²) in [5.74, 6) is -0.513. The Hall–Kier alpha value is -0.540. The number of aryl methyl sites for hydroxylation is 1. The lowest BCUT2D eigenvalue weighted by atomic mass is 10.1. The summed E-state index contributed by atoms with van der Waals surface area (Å²) in [4.78, 5) is 10.8. The minimum Gasteiger partial charge on any atom is -0.366 e. The molecular weight excluding hydrogens is 241 g/mol. The minimum absolute atomic E-state index is 0.342. The summed E-state index contributed by atoms with van der Waals surface area (Å²) in [5.41, 5.74) is 6.41. The SMILES string of the molecule is Cc1ccc(C(N)=O)c(Cl)c1Br. The summed E-state index contributed by atoms with van der Waals surface area (Å²) in [5, 5.41) is 0.377. The van der Waals surface area contributed by atoms with Crippen LogP contribution in [0.15, 0.2) is 16.6 Å². The van der Waals surface area contributed by atoms with Crippen LogP contribution in [-0.2, 0) is 0 Å². The number of nitrogens with two attached hydrogens (primary N) is 1. The highest BCUT2D eigenvalue weighted by Gasteiger charge is 2.10. The van der Waals surface area contributed by atoms with Crippen LogP contribution in [0.25, 0.3) is 0 Å². The zero-order valence-corrected chi connectivity index (χ0v) is 8.74. The van der Waals surface area contributed by atoms with E-state index in [1.807, 2.05) is 6.92 Å². The van der Waals surface area contributed by atoms with Crippen LogP contribution in [0.1, 0.15) is 15.9 Å². The van der Waals surface area contributed by atoms with Crippen molar-refractivity contribution in [2.24, 2.45) is 5.73 Å². The summed E-state index contributed by atoms with van der Waals surface area (Å²) in [7, 11) is 0. The third kappa shape index (κ3) is 1.62. The molecule has 0 bridgehead atoms. The first kappa shape index (κ1) is 9.55. The molecule has 2 nitrogen and oxygen atoms in total. The maximum atomic E-state index is 10.8. The third-order valence-electron chi connectivity index (χ3n) is 1.54. The van der Waals surface area contributed by atoms with Gasteiger partial charge in [0, 0.05) is 4.47 Å². The van der Waals surface area contributed by atoms with Gasteiger partial charge in [-0.1, -0.05) is 17.7 Å². The van der Waals surface area contributed by atoms with Crippen molar-refractivity contribution in [3.63, 3.8) is 0 Å². The monoisotopic (exact) mass is 247 g/mol. The van der Waals surface area contributed by atoms with Crippen molar-refractivity contribution in [3.05, 3.63) is 32.8 Å². The van der Waals surface area contributed by atoms with Crippen LogP contribution >= 0.6 is 27.5 Å². The standard InChI is InChI=1S/C8H7BrClNO/c1-4-2-3-5(8(11)12)7(10)6(4)9/h2-3H,1H3,(H2,11,12). The summed E-state index contributed by atoms with van der Waals surface area (Å²) >= 11 is 9.10. The Morgan fingerprint density at radius 2 is 2.17 bits per heavy atom. The van der Waals surface area contributed by atoms with Crippen LogP contribution in [0, 0.1) is 6.92 Å². The van der Waals surface area contributed by atoms with Crippen molar-refractivity contribution in [2.45, 2.75) is 6.92 Å². The van der Waals surface area contributed by atoms with E-state index in [0.717, 1.165) is 10.0 Å².